The van der Waals surface area contributed by atoms with Crippen molar-refractivity contribution in [1.29, 1.82) is 5.26 Å². The van der Waals surface area contributed by atoms with Crippen LogP contribution in [0.3, 0.4) is 0 Å². The van der Waals surface area contributed by atoms with Crippen molar-refractivity contribution in [2.45, 2.75) is 26.9 Å². The molecule has 0 aliphatic heterocycles. The highest BCUT2D eigenvalue weighted by atomic mass is 16.6. The van der Waals surface area contributed by atoms with Crippen molar-refractivity contribution < 1.29 is 9.66 Å². The van der Waals surface area contributed by atoms with Gasteiger partial charge in [0.05, 0.1) is 4.92 Å². The van der Waals surface area contributed by atoms with Crippen LogP contribution >= 0.6 is 0 Å². The highest BCUT2D eigenvalue weighted by molar-refractivity contribution is 5.49. The molecular formula is C11H12N2O3. The maximum Gasteiger partial charge on any atom is 0.272 e. The average molecular weight is 220 g/mol. The molecule has 0 bridgehead atoms. The summed E-state index contributed by atoms with van der Waals surface area (Å²) in [5.74, 6) is 0.511. The molecule has 1 aromatic carbocycles. The molecule has 0 fully saturated rings. The minimum absolute atomic E-state index is 0.0643. The second-order valence-corrected chi connectivity index (χ2v) is 3.55. The Morgan fingerprint density at radius 1 is 1.44 bits per heavy atom. The van der Waals surface area contributed by atoms with Crippen molar-refractivity contribution in [1.82, 2.24) is 0 Å². The quantitative estimate of drug-likeness (QED) is 0.579. The van der Waals surface area contributed by atoms with Gasteiger partial charge in [-0.2, -0.15) is 5.26 Å². The predicted octanol–water partition coefficient (Wildman–Crippen LogP) is 2.50. The molecule has 0 aromatic heterocycles. The van der Waals surface area contributed by atoms with Crippen molar-refractivity contribution in [3.63, 3.8) is 0 Å². The third-order valence-corrected chi connectivity index (χ3v) is 2.18. The normalized spacial score (nSPS) is 11.6. The lowest BCUT2D eigenvalue weighted by Gasteiger charge is -2.11. The Labute approximate surface area is 93.4 Å². The first-order chi connectivity index (χ1) is 7.45. The first kappa shape index (κ1) is 12.0. The van der Waals surface area contributed by atoms with Crippen LogP contribution in [0.4, 0.5) is 5.69 Å². The Morgan fingerprint density at radius 3 is 2.56 bits per heavy atom. The Balaban J connectivity index is 3.11. The fourth-order valence-corrected chi connectivity index (χ4v) is 1.31. The van der Waals surface area contributed by atoms with Gasteiger partial charge in [-0.3, -0.25) is 10.1 Å². The van der Waals surface area contributed by atoms with E-state index in [0.717, 1.165) is 0 Å². The molecule has 0 amide bonds. The molecule has 1 rings (SSSR count). The Bertz CT molecular complexity index is 463. The van der Waals surface area contributed by atoms with E-state index in [4.69, 9.17) is 10.00 Å². The van der Waals surface area contributed by atoms with Crippen molar-refractivity contribution in [3.8, 4) is 11.8 Å². The highest BCUT2D eigenvalue weighted by Crippen LogP contribution is 2.28. The summed E-state index contributed by atoms with van der Waals surface area (Å²) in [7, 11) is 0. The first-order valence-electron chi connectivity index (χ1n) is 4.77. The Morgan fingerprint density at radius 2 is 2.06 bits per heavy atom. The number of nitrogens with zero attached hydrogens (tertiary/aromatic N) is 2. The van der Waals surface area contributed by atoms with E-state index >= 15 is 0 Å². The lowest BCUT2D eigenvalue weighted by atomic mass is 10.1. The third kappa shape index (κ3) is 2.48. The summed E-state index contributed by atoms with van der Waals surface area (Å²) in [6, 6.07) is 4.98. The number of ether oxygens (including phenoxy) is 1. The number of rotatable bonds is 3. The average Bonchev–Trinajstić information content (AvgIpc) is 2.22. The van der Waals surface area contributed by atoms with E-state index in [1.54, 1.807) is 26.8 Å². The summed E-state index contributed by atoms with van der Waals surface area (Å²) in [4.78, 5) is 10.2. The molecule has 1 aromatic rings. The first-order valence-corrected chi connectivity index (χ1v) is 4.77. The molecule has 0 saturated heterocycles. The van der Waals surface area contributed by atoms with Gasteiger partial charge in [0.1, 0.15) is 11.8 Å². The van der Waals surface area contributed by atoms with Gasteiger partial charge in [-0.25, -0.2) is 0 Å². The van der Waals surface area contributed by atoms with Gasteiger partial charge >= 0.3 is 0 Å². The van der Waals surface area contributed by atoms with Crippen molar-refractivity contribution in [3.05, 3.63) is 33.4 Å². The van der Waals surface area contributed by atoms with Crippen LogP contribution in [0.25, 0.3) is 0 Å². The summed E-state index contributed by atoms with van der Waals surface area (Å²) in [5.41, 5.74) is 1.24. The van der Waals surface area contributed by atoms with Crippen LogP contribution in [-0.2, 0) is 0 Å². The number of aryl methyl sites for hydroxylation is 2. The molecule has 84 valence electrons. The maximum absolute atomic E-state index is 10.7. The van der Waals surface area contributed by atoms with Crippen LogP contribution in [0.1, 0.15) is 18.1 Å². The maximum atomic E-state index is 10.7. The zero-order valence-corrected chi connectivity index (χ0v) is 9.35. The molecule has 0 spiro atoms. The van der Waals surface area contributed by atoms with Gasteiger partial charge < -0.3 is 4.74 Å². The topological polar surface area (TPSA) is 76.2 Å². The molecule has 0 aliphatic carbocycles. The van der Waals surface area contributed by atoms with Crippen LogP contribution in [0, 0.1) is 35.3 Å². The summed E-state index contributed by atoms with van der Waals surface area (Å²) >= 11 is 0. The van der Waals surface area contributed by atoms with Gasteiger partial charge in [-0.05, 0) is 32.4 Å². The number of nitro groups is 1. The van der Waals surface area contributed by atoms with Gasteiger partial charge in [0.2, 0.25) is 0 Å². The van der Waals surface area contributed by atoms with E-state index in [1.807, 2.05) is 6.07 Å². The molecule has 0 heterocycles. The van der Waals surface area contributed by atoms with Gasteiger partial charge in [-0.15, -0.1) is 0 Å². The number of nitriles is 1. The van der Waals surface area contributed by atoms with Crippen molar-refractivity contribution in [2.24, 2.45) is 0 Å². The molecule has 1 unspecified atom stereocenters. The summed E-state index contributed by atoms with van der Waals surface area (Å²) in [5, 5.41) is 19.3. The predicted molar refractivity (Wildman–Crippen MR) is 58.3 cm³/mol. The molecule has 0 N–H and O–H groups in total. The largest absolute Gasteiger partial charge is 0.476 e. The fourth-order valence-electron chi connectivity index (χ4n) is 1.31. The Hall–Kier alpha value is -2.09. The molecule has 16 heavy (non-hydrogen) atoms. The third-order valence-electron chi connectivity index (χ3n) is 2.18. The zero-order valence-electron chi connectivity index (χ0n) is 9.35. The van der Waals surface area contributed by atoms with E-state index in [0.29, 0.717) is 16.9 Å². The van der Waals surface area contributed by atoms with Crippen LogP contribution in [0.5, 0.6) is 5.75 Å². The minimum atomic E-state index is -0.570. The number of hydrogen-bond donors (Lipinski definition) is 0. The van der Waals surface area contributed by atoms with Gasteiger partial charge in [0.25, 0.3) is 5.69 Å². The van der Waals surface area contributed by atoms with Crippen LogP contribution in [0.2, 0.25) is 0 Å². The van der Waals surface area contributed by atoms with Gasteiger partial charge in [0.15, 0.2) is 6.10 Å². The summed E-state index contributed by atoms with van der Waals surface area (Å²) in [6.45, 7) is 4.98. The minimum Gasteiger partial charge on any atom is -0.476 e. The van der Waals surface area contributed by atoms with Crippen LogP contribution < -0.4 is 4.74 Å². The molecular weight excluding hydrogens is 208 g/mol. The lowest BCUT2D eigenvalue weighted by Crippen LogP contribution is -2.09. The van der Waals surface area contributed by atoms with E-state index < -0.39 is 11.0 Å². The van der Waals surface area contributed by atoms with E-state index in [2.05, 4.69) is 0 Å². The molecule has 5 heteroatoms. The van der Waals surface area contributed by atoms with Gasteiger partial charge in [0, 0.05) is 11.6 Å². The van der Waals surface area contributed by atoms with E-state index in [1.165, 1.54) is 6.07 Å². The molecule has 0 aliphatic rings. The number of nitro benzene ring substituents is 1. The second kappa shape index (κ2) is 4.62. The summed E-state index contributed by atoms with van der Waals surface area (Å²) in [6.07, 6.45) is -0.570. The van der Waals surface area contributed by atoms with Gasteiger partial charge in [-0.1, -0.05) is 0 Å². The number of hydrogen-bond acceptors (Lipinski definition) is 4. The molecule has 1 atom stereocenters. The second-order valence-electron chi connectivity index (χ2n) is 3.55. The van der Waals surface area contributed by atoms with Crippen LogP contribution in [-0.4, -0.2) is 11.0 Å². The van der Waals surface area contributed by atoms with Crippen molar-refractivity contribution in [2.75, 3.05) is 0 Å². The summed E-state index contributed by atoms with van der Waals surface area (Å²) < 4.78 is 5.33. The monoisotopic (exact) mass is 220 g/mol. The Kier molecular flexibility index (Phi) is 3.46. The standard InChI is InChI=1S/C11H12N2O3/c1-7-5-11(16-9(3)6-12)8(2)4-10(7)13(14)15/h4-5,9H,1-3H3. The van der Waals surface area contributed by atoms with E-state index in [-0.39, 0.29) is 5.69 Å². The lowest BCUT2D eigenvalue weighted by molar-refractivity contribution is -0.385. The SMILES string of the molecule is Cc1cc([N+](=O)[O-])c(C)cc1OC(C)C#N. The smallest absolute Gasteiger partial charge is 0.272 e. The molecule has 5 nitrogen and oxygen atoms in total. The highest BCUT2D eigenvalue weighted by Gasteiger charge is 2.15. The van der Waals surface area contributed by atoms with Crippen molar-refractivity contribution >= 4 is 5.69 Å². The fraction of sp³-hybridized carbons (Fsp3) is 0.364. The molecule has 0 radical (unpaired) electrons. The molecule has 0 saturated carbocycles. The van der Waals surface area contributed by atoms with Crippen LogP contribution in [0.15, 0.2) is 12.1 Å². The number of benzene rings is 1. The van der Waals surface area contributed by atoms with E-state index in [9.17, 15) is 10.1 Å². The zero-order chi connectivity index (χ0) is 12.3.